The summed E-state index contributed by atoms with van der Waals surface area (Å²) in [6.45, 7) is 12.5. The Kier molecular flexibility index (Phi) is 23.5. The van der Waals surface area contributed by atoms with Gasteiger partial charge < -0.3 is 0 Å². The number of rotatable bonds is 9. The van der Waals surface area contributed by atoms with Crippen molar-refractivity contribution in [3.63, 3.8) is 0 Å². The molecule has 0 saturated carbocycles. The number of unbranched alkanes of at least 4 members (excludes halogenated alkanes) is 8. The number of aryl methyl sites for hydroxylation is 1. The van der Waals surface area contributed by atoms with E-state index in [1.54, 1.807) is 0 Å². The third-order valence-corrected chi connectivity index (χ3v) is 3.41. The van der Waals surface area contributed by atoms with Gasteiger partial charge in [-0.3, -0.25) is 0 Å². The summed E-state index contributed by atoms with van der Waals surface area (Å²) < 4.78 is 0. The molecular weight excluding hydrogens is 264 g/mol. The first kappa shape index (κ1) is 23.2. The number of benzene rings is 1. The summed E-state index contributed by atoms with van der Waals surface area (Å²) in [4.78, 5) is 0. The van der Waals surface area contributed by atoms with Crippen LogP contribution in [-0.4, -0.2) is 0 Å². The maximum atomic E-state index is 3.66. The van der Waals surface area contributed by atoms with Gasteiger partial charge in [0.05, 0.1) is 0 Å². The molecule has 0 fully saturated rings. The molecule has 0 radical (unpaired) electrons. The van der Waals surface area contributed by atoms with Crippen molar-refractivity contribution in [2.45, 2.75) is 91.9 Å². The maximum Gasteiger partial charge on any atom is -0.0353 e. The van der Waals surface area contributed by atoms with Gasteiger partial charge >= 0.3 is 0 Å². The molecule has 1 aromatic carbocycles. The summed E-state index contributed by atoms with van der Waals surface area (Å²) in [5.41, 5.74) is 1.32. The smallest absolute Gasteiger partial charge is 0.0353 e. The van der Waals surface area contributed by atoms with Crippen molar-refractivity contribution in [3.8, 4) is 0 Å². The lowest BCUT2D eigenvalue weighted by Gasteiger charge is -1.91. The van der Waals surface area contributed by atoms with Crippen LogP contribution < -0.4 is 0 Å². The van der Waals surface area contributed by atoms with E-state index in [0.29, 0.717) is 0 Å². The third-order valence-electron chi connectivity index (χ3n) is 3.41. The zero-order valence-electron chi connectivity index (χ0n) is 15.7. The van der Waals surface area contributed by atoms with Crippen molar-refractivity contribution in [2.75, 3.05) is 0 Å². The minimum atomic E-state index is 1.19. The summed E-state index contributed by atoms with van der Waals surface area (Å²) in [5.74, 6) is 0. The lowest BCUT2D eigenvalue weighted by molar-refractivity contribution is 0.656. The van der Waals surface area contributed by atoms with Gasteiger partial charge in [0.15, 0.2) is 0 Å². The Morgan fingerprint density at radius 2 is 1.18 bits per heavy atom. The van der Waals surface area contributed by atoms with E-state index in [0.717, 1.165) is 0 Å². The summed E-state index contributed by atoms with van der Waals surface area (Å²) in [7, 11) is 0. The molecule has 0 bridgehead atoms. The monoisotopic (exact) mass is 304 g/mol. The van der Waals surface area contributed by atoms with Crippen LogP contribution in [0.1, 0.15) is 90.5 Å². The Hall–Kier alpha value is -1.04. The van der Waals surface area contributed by atoms with E-state index in [4.69, 9.17) is 0 Å². The van der Waals surface area contributed by atoms with Crippen molar-refractivity contribution in [1.82, 2.24) is 0 Å². The highest BCUT2D eigenvalue weighted by Gasteiger charge is 1.81. The Balaban J connectivity index is 0. The fourth-order valence-corrected chi connectivity index (χ4v) is 1.93. The molecule has 0 atom stereocenters. The second kappa shape index (κ2) is 22.2. The van der Waals surface area contributed by atoms with Crippen LogP contribution in [0.5, 0.6) is 0 Å². The van der Waals surface area contributed by atoms with Crippen molar-refractivity contribution in [1.29, 1.82) is 0 Å². The number of allylic oxidation sites excluding steroid dienone is 1. The lowest BCUT2D eigenvalue weighted by Crippen LogP contribution is -1.71. The zero-order chi connectivity index (χ0) is 16.9. The van der Waals surface area contributed by atoms with E-state index in [2.05, 4.69) is 46.4 Å². The summed E-state index contributed by atoms with van der Waals surface area (Å²) in [5, 5.41) is 0. The third kappa shape index (κ3) is 24.0. The van der Waals surface area contributed by atoms with Crippen molar-refractivity contribution in [3.05, 3.63) is 48.6 Å². The molecule has 0 aliphatic carbocycles. The van der Waals surface area contributed by atoms with Crippen molar-refractivity contribution < 1.29 is 0 Å². The molecule has 1 aromatic rings. The highest BCUT2D eigenvalue weighted by atomic mass is 13.9. The van der Waals surface area contributed by atoms with Crippen LogP contribution in [0, 0.1) is 6.92 Å². The largest absolute Gasteiger partial charge is 0.103 e. The Labute approximate surface area is 141 Å². The minimum Gasteiger partial charge on any atom is -0.103 e. The van der Waals surface area contributed by atoms with Crippen LogP contribution in [0.4, 0.5) is 0 Å². The maximum absolute atomic E-state index is 3.66. The summed E-state index contributed by atoms with van der Waals surface area (Å²) >= 11 is 0. The van der Waals surface area contributed by atoms with E-state index in [9.17, 15) is 0 Å². The molecule has 0 N–H and O–H groups in total. The quantitative estimate of drug-likeness (QED) is 0.319. The molecule has 0 aromatic heterocycles. The van der Waals surface area contributed by atoms with E-state index >= 15 is 0 Å². The van der Waals surface area contributed by atoms with Gasteiger partial charge in [-0.05, 0) is 19.8 Å². The van der Waals surface area contributed by atoms with E-state index in [-0.39, 0.29) is 0 Å². The molecule has 128 valence electrons. The molecule has 0 aliphatic rings. The fraction of sp³-hybridized carbons (Fsp3) is 0.636. The van der Waals surface area contributed by atoms with Gasteiger partial charge in [-0.2, -0.15) is 0 Å². The molecule has 0 amide bonds. The Morgan fingerprint density at radius 1 is 0.727 bits per heavy atom. The van der Waals surface area contributed by atoms with Crippen LogP contribution in [0.25, 0.3) is 0 Å². The average molecular weight is 305 g/mol. The van der Waals surface area contributed by atoms with Crippen LogP contribution in [-0.2, 0) is 0 Å². The van der Waals surface area contributed by atoms with Crippen molar-refractivity contribution >= 4 is 0 Å². The van der Waals surface area contributed by atoms with E-state index < -0.39 is 0 Å². The second-order valence-electron chi connectivity index (χ2n) is 5.85. The SMILES string of the molecule is C=CCCCCCC.CCCCCCC.Cc1ccccc1. The lowest BCUT2D eigenvalue weighted by atomic mass is 10.2. The van der Waals surface area contributed by atoms with Crippen LogP contribution >= 0.6 is 0 Å². The molecule has 0 heterocycles. The zero-order valence-corrected chi connectivity index (χ0v) is 15.7. The molecule has 0 saturated heterocycles. The predicted molar refractivity (Wildman–Crippen MR) is 105 cm³/mol. The first-order valence-electron chi connectivity index (χ1n) is 9.35. The van der Waals surface area contributed by atoms with Gasteiger partial charge in [0, 0.05) is 0 Å². The number of hydrogen-bond donors (Lipinski definition) is 0. The van der Waals surface area contributed by atoms with E-state index in [1.807, 2.05) is 24.3 Å². The van der Waals surface area contributed by atoms with Crippen LogP contribution in [0.2, 0.25) is 0 Å². The Morgan fingerprint density at radius 3 is 1.50 bits per heavy atom. The molecule has 0 heteroatoms. The van der Waals surface area contributed by atoms with Crippen molar-refractivity contribution in [2.24, 2.45) is 0 Å². The highest BCUT2D eigenvalue weighted by Crippen LogP contribution is 2.01. The summed E-state index contributed by atoms with van der Waals surface area (Å²) in [6.07, 6.45) is 15.6. The molecule has 0 spiro atoms. The number of hydrogen-bond acceptors (Lipinski definition) is 0. The van der Waals surface area contributed by atoms with Gasteiger partial charge in [-0.1, -0.05) is 114 Å². The molecule has 22 heavy (non-hydrogen) atoms. The normalized spacial score (nSPS) is 9.09. The van der Waals surface area contributed by atoms with Gasteiger partial charge in [0.1, 0.15) is 0 Å². The van der Waals surface area contributed by atoms with Crippen LogP contribution in [0.15, 0.2) is 43.0 Å². The molecule has 0 aliphatic heterocycles. The first-order valence-corrected chi connectivity index (χ1v) is 9.35. The molecule has 1 rings (SSSR count). The molecular formula is C22H40. The first-order chi connectivity index (χ1) is 10.7. The second-order valence-corrected chi connectivity index (χ2v) is 5.85. The topological polar surface area (TPSA) is 0 Å². The molecule has 0 nitrogen and oxygen atoms in total. The standard InChI is InChI=1S/C8H16.C7H8.C7H16/c1-3-5-7-8-6-4-2;1-7-5-3-2-4-6-7;1-3-5-7-6-4-2/h3H,1,4-8H2,2H3;2-6H,1H3;3-7H2,1-2H3. The van der Waals surface area contributed by atoms with E-state index in [1.165, 1.54) is 69.8 Å². The molecule has 0 unspecified atom stereocenters. The average Bonchev–Trinajstić information content (AvgIpc) is 2.54. The highest BCUT2D eigenvalue weighted by molar-refractivity contribution is 5.11. The van der Waals surface area contributed by atoms with Crippen LogP contribution in [0.3, 0.4) is 0 Å². The fourth-order valence-electron chi connectivity index (χ4n) is 1.93. The Bertz CT molecular complexity index is 282. The van der Waals surface area contributed by atoms with Gasteiger partial charge in [0.25, 0.3) is 0 Å². The van der Waals surface area contributed by atoms with Gasteiger partial charge in [-0.25, -0.2) is 0 Å². The van der Waals surface area contributed by atoms with Gasteiger partial charge in [-0.15, -0.1) is 6.58 Å². The van der Waals surface area contributed by atoms with Gasteiger partial charge in [0.2, 0.25) is 0 Å². The summed E-state index contributed by atoms with van der Waals surface area (Å²) in [6, 6.07) is 10.3. The minimum absolute atomic E-state index is 1.19. The predicted octanol–water partition coefficient (Wildman–Crippen LogP) is 8.11.